The zero-order valence-corrected chi connectivity index (χ0v) is 31.5. The average molecular weight is 707 g/mol. The van der Waals surface area contributed by atoms with Gasteiger partial charge in [-0.1, -0.05) is 116 Å². The molecule has 48 heavy (non-hydrogen) atoms. The van der Waals surface area contributed by atoms with Crippen LogP contribution in [0, 0.1) is 0 Å². The van der Waals surface area contributed by atoms with Gasteiger partial charge in [-0.25, -0.2) is 4.57 Å². The number of allylic oxidation sites excluding steroid dienone is 1. The topological polar surface area (TPSA) is 146 Å². The van der Waals surface area contributed by atoms with Gasteiger partial charge in [0.05, 0.1) is 33.9 Å². The molecule has 12 heteroatoms. The molecule has 0 rings (SSSR count). The summed E-state index contributed by atoms with van der Waals surface area (Å²) in [7, 11) is 1.38. The number of hydrogen-bond donors (Lipinski definition) is 2. The van der Waals surface area contributed by atoms with E-state index >= 15 is 0 Å². The quantitative estimate of drug-likeness (QED) is 0.0171. The number of aldehydes is 1. The number of esters is 2. The van der Waals surface area contributed by atoms with Crippen LogP contribution in [-0.2, 0) is 37.5 Å². The van der Waals surface area contributed by atoms with Gasteiger partial charge in [-0.3, -0.25) is 23.4 Å². The third-order valence-electron chi connectivity index (χ3n) is 7.95. The highest BCUT2D eigenvalue weighted by molar-refractivity contribution is 7.47. The Balaban J connectivity index is 4.46. The van der Waals surface area contributed by atoms with E-state index in [1.165, 1.54) is 76.4 Å². The van der Waals surface area contributed by atoms with E-state index in [0.29, 0.717) is 30.2 Å². The number of phosphoric ester groups is 1. The molecule has 0 aromatic carbocycles. The number of rotatable bonds is 34. The normalized spacial score (nSPS) is 14.5. The Morgan fingerprint density at radius 2 is 1.23 bits per heavy atom. The fraction of sp³-hybridized carbons (Fsp3) is 0.861. The number of nitrogens with zero attached hydrogens (tertiary/aromatic N) is 1. The lowest BCUT2D eigenvalue weighted by Crippen LogP contribution is -2.37. The SMILES string of the molecule is CCCCCCCCCCCCCCCC(=O)OC[C@H](COP(=O)(O)OCC[N+](C)(C)C)OC(=O)CCCCCCCC(O)/C=C/C=O. The number of quaternary nitrogens is 1. The van der Waals surface area contributed by atoms with Gasteiger partial charge in [0.25, 0.3) is 0 Å². The van der Waals surface area contributed by atoms with Crippen LogP contribution in [0.3, 0.4) is 0 Å². The van der Waals surface area contributed by atoms with Crippen molar-refractivity contribution in [3.05, 3.63) is 12.2 Å². The van der Waals surface area contributed by atoms with Gasteiger partial charge in [-0.05, 0) is 25.3 Å². The third kappa shape index (κ3) is 32.9. The van der Waals surface area contributed by atoms with Gasteiger partial charge in [-0.15, -0.1) is 0 Å². The third-order valence-corrected chi connectivity index (χ3v) is 8.93. The summed E-state index contributed by atoms with van der Waals surface area (Å²) in [6.07, 6.45) is 22.3. The second-order valence-electron chi connectivity index (χ2n) is 13.8. The van der Waals surface area contributed by atoms with E-state index in [4.69, 9.17) is 18.5 Å². The lowest BCUT2D eigenvalue weighted by molar-refractivity contribution is -0.870. The smallest absolute Gasteiger partial charge is 0.462 e. The van der Waals surface area contributed by atoms with Crippen molar-refractivity contribution in [1.82, 2.24) is 0 Å². The number of hydrogen-bond acceptors (Lipinski definition) is 9. The molecule has 0 aromatic heterocycles. The van der Waals surface area contributed by atoms with Crippen molar-refractivity contribution in [1.29, 1.82) is 0 Å². The van der Waals surface area contributed by atoms with E-state index < -0.39 is 38.6 Å². The van der Waals surface area contributed by atoms with Crippen LogP contribution < -0.4 is 0 Å². The van der Waals surface area contributed by atoms with Crippen LogP contribution in [0.4, 0.5) is 0 Å². The second kappa shape index (κ2) is 30.2. The summed E-state index contributed by atoms with van der Waals surface area (Å²) < 4.78 is 33.9. The number of carbonyl (C=O) groups is 3. The number of aliphatic hydroxyl groups is 1. The molecule has 0 aliphatic rings. The first-order valence-corrected chi connectivity index (χ1v) is 20.0. The number of aliphatic hydroxyl groups excluding tert-OH is 1. The minimum Gasteiger partial charge on any atom is -0.462 e. The molecule has 0 fully saturated rings. The molecule has 282 valence electrons. The van der Waals surface area contributed by atoms with E-state index in [1.54, 1.807) is 0 Å². The molecule has 11 nitrogen and oxygen atoms in total. The Kier molecular flexibility index (Phi) is 29.2. The van der Waals surface area contributed by atoms with Crippen molar-refractivity contribution in [3.63, 3.8) is 0 Å². The van der Waals surface area contributed by atoms with E-state index in [9.17, 15) is 28.9 Å². The van der Waals surface area contributed by atoms with Crippen LogP contribution >= 0.6 is 7.82 Å². The van der Waals surface area contributed by atoms with Crippen LogP contribution in [0.25, 0.3) is 0 Å². The number of likely N-dealkylation sites (N-methyl/N-ethyl adjacent to an activating group) is 1. The molecule has 0 aromatic rings. The maximum Gasteiger partial charge on any atom is 0.472 e. The molecule has 0 aliphatic heterocycles. The first-order valence-electron chi connectivity index (χ1n) is 18.5. The van der Waals surface area contributed by atoms with Gasteiger partial charge >= 0.3 is 19.8 Å². The van der Waals surface area contributed by atoms with Crippen LogP contribution in [0.1, 0.15) is 142 Å². The molecular formula is C36H69NO10P+. The second-order valence-corrected chi connectivity index (χ2v) is 15.2. The van der Waals surface area contributed by atoms with Crippen molar-refractivity contribution in [3.8, 4) is 0 Å². The number of unbranched alkanes of at least 4 members (excludes halogenated alkanes) is 16. The maximum absolute atomic E-state index is 12.5. The van der Waals surface area contributed by atoms with E-state index in [2.05, 4.69) is 6.92 Å². The zero-order chi connectivity index (χ0) is 35.9. The fourth-order valence-electron chi connectivity index (χ4n) is 4.97. The molecule has 2 unspecified atom stereocenters. The van der Waals surface area contributed by atoms with E-state index in [-0.39, 0.29) is 26.1 Å². The maximum atomic E-state index is 12.5. The molecule has 0 aliphatic carbocycles. The minimum atomic E-state index is -4.40. The summed E-state index contributed by atoms with van der Waals surface area (Å²) >= 11 is 0. The summed E-state index contributed by atoms with van der Waals surface area (Å²) in [4.78, 5) is 45.4. The Hall–Kier alpha value is -1.62. The fourth-order valence-corrected chi connectivity index (χ4v) is 5.72. The first-order chi connectivity index (χ1) is 22.9. The number of phosphoric acid groups is 1. The van der Waals surface area contributed by atoms with Crippen molar-refractivity contribution >= 4 is 26.0 Å². The Labute approximate surface area is 291 Å². The van der Waals surface area contributed by atoms with Crippen molar-refractivity contribution in [2.24, 2.45) is 0 Å². The summed E-state index contributed by atoms with van der Waals surface area (Å²) in [5.74, 6) is -0.915. The highest BCUT2D eigenvalue weighted by atomic mass is 31.2. The highest BCUT2D eigenvalue weighted by Gasteiger charge is 2.27. The van der Waals surface area contributed by atoms with Crippen molar-refractivity contribution in [2.45, 2.75) is 154 Å². The standard InChI is InChI=1S/C36H68NO10P/c1-5-6-7-8-9-10-11-12-13-14-15-18-21-26-35(40)44-31-34(32-46-48(42,43)45-30-28-37(2,3)4)47-36(41)27-22-19-16-17-20-24-33(39)25-23-29-38/h23,25,29,33-34,39H,5-22,24,26-28,30-32H2,1-4H3/p+1/b25-23+/t33?,34-/m1/s1. The Bertz CT molecular complexity index is 892. The van der Waals surface area contributed by atoms with Crippen LogP contribution in [-0.4, -0.2) is 92.4 Å². The van der Waals surface area contributed by atoms with Crippen LogP contribution in [0.15, 0.2) is 12.2 Å². The first kappa shape index (κ1) is 46.4. The lowest BCUT2D eigenvalue weighted by atomic mass is 10.0. The predicted molar refractivity (Wildman–Crippen MR) is 189 cm³/mol. The van der Waals surface area contributed by atoms with Gasteiger partial charge in [0.2, 0.25) is 0 Å². The molecular weight excluding hydrogens is 637 g/mol. The lowest BCUT2D eigenvalue weighted by Gasteiger charge is -2.24. The predicted octanol–water partition coefficient (Wildman–Crippen LogP) is 7.61. The number of ether oxygens (including phenoxy) is 2. The van der Waals surface area contributed by atoms with Crippen molar-refractivity contribution < 1.29 is 52.0 Å². The van der Waals surface area contributed by atoms with Crippen LogP contribution in [0.5, 0.6) is 0 Å². The van der Waals surface area contributed by atoms with Gasteiger partial charge < -0.3 is 24.0 Å². The van der Waals surface area contributed by atoms with Gasteiger partial charge in [0.15, 0.2) is 6.10 Å². The minimum absolute atomic E-state index is 0.00421. The summed E-state index contributed by atoms with van der Waals surface area (Å²) in [6, 6.07) is 0. The average Bonchev–Trinajstić information content (AvgIpc) is 3.02. The Morgan fingerprint density at radius 3 is 1.75 bits per heavy atom. The summed E-state index contributed by atoms with van der Waals surface area (Å²) in [5, 5.41) is 9.72. The largest absolute Gasteiger partial charge is 0.472 e. The summed E-state index contributed by atoms with van der Waals surface area (Å²) in [6.45, 7) is 2.01. The molecule has 0 heterocycles. The van der Waals surface area contributed by atoms with E-state index in [1.807, 2.05) is 21.1 Å². The molecule has 0 saturated carbocycles. The van der Waals surface area contributed by atoms with E-state index in [0.717, 1.165) is 44.9 Å². The molecule has 2 N–H and O–H groups in total. The molecule has 0 saturated heterocycles. The summed E-state index contributed by atoms with van der Waals surface area (Å²) in [5.41, 5.74) is 0. The highest BCUT2D eigenvalue weighted by Crippen LogP contribution is 2.43. The molecule has 0 amide bonds. The molecule has 0 radical (unpaired) electrons. The monoisotopic (exact) mass is 706 g/mol. The van der Waals surface area contributed by atoms with Crippen LogP contribution in [0.2, 0.25) is 0 Å². The molecule has 0 bridgehead atoms. The zero-order valence-electron chi connectivity index (χ0n) is 30.6. The van der Waals surface area contributed by atoms with Gasteiger partial charge in [-0.2, -0.15) is 0 Å². The van der Waals surface area contributed by atoms with Gasteiger partial charge in [0.1, 0.15) is 26.0 Å². The molecule has 0 spiro atoms. The Morgan fingerprint density at radius 1 is 0.729 bits per heavy atom. The van der Waals surface area contributed by atoms with Gasteiger partial charge in [0, 0.05) is 12.8 Å². The molecule has 3 atom stereocenters. The van der Waals surface area contributed by atoms with Crippen molar-refractivity contribution in [2.75, 3.05) is 47.5 Å². The number of carbonyl (C=O) groups excluding carboxylic acids is 3.